The second-order valence-electron chi connectivity index (χ2n) is 14.9. The maximum absolute atomic E-state index is 14.1. The number of amides is 4. The van der Waals surface area contributed by atoms with Gasteiger partial charge in [0.15, 0.2) is 0 Å². The maximum Gasteiger partial charge on any atom is 0.326 e. The summed E-state index contributed by atoms with van der Waals surface area (Å²) >= 11 is 0. The molecule has 288 valence electrons. The summed E-state index contributed by atoms with van der Waals surface area (Å²) in [5, 5.41) is 15.5. The highest BCUT2D eigenvalue weighted by molar-refractivity contribution is 5.89. The van der Waals surface area contributed by atoms with Gasteiger partial charge >= 0.3 is 5.97 Å². The number of ether oxygens (including phenoxy) is 2. The van der Waals surface area contributed by atoms with Crippen LogP contribution in [0.3, 0.4) is 0 Å². The first-order chi connectivity index (χ1) is 24.0. The second-order valence-corrected chi connectivity index (χ2v) is 14.9. The van der Waals surface area contributed by atoms with E-state index in [1.807, 2.05) is 78.8 Å². The molecule has 0 aromatic heterocycles. The predicted octanol–water partition coefficient (Wildman–Crippen LogP) is 4.15. The van der Waals surface area contributed by atoms with Gasteiger partial charge in [0.2, 0.25) is 23.6 Å². The van der Waals surface area contributed by atoms with Crippen molar-refractivity contribution < 1.29 is 38.6 Å². The predicted molar refractivity (Wildman–Crippen MR) is 197 cm³/mol. The molecule has 1 aromatic rings. The molecule has 2 rings (SSSR count). The molecule has 0 radical (unpaired) electrons. The van der Waals surface area contributed by atoms with Crippen molar-refractivity contribution in [1.82, 2.24) is 20.4 Å². The zero-order chi connectivity index (χ0) is 38.6. The minimum Gasteiger partial charge on any atom is -0.480 e. The van der Waals surface area contributed by atoms with Gasteiger partial charge in [0.05, 0.1) is 36.6 Å². The molecular weight excluding hydrogens is 652 g/mol. The van der Waals surface area contributed by atoms with Crippen molar-refractivity contribution in [2.45, 2.75) is 124 Å². The molecule has 1 aliphatic heterocycles. The fourth-order valence-electron chi connectivity index (χ4n) is 6.98. The molecule has 1 heterocycles. The van der Waals surface area contributed by atoms with Crippen LogP contribution in [0.4, 0.5) is 0 Å². The lowest BCUT2D eigenvalue weighted by Crippen LogP contribution is -2.58. The van der Waals surface area contributed by atoms with E-state index in [2.05, 4.69) is 10.6 Å². The molecule has 1 aromatic carbocycles. The summed E-state index contributed by atoms with van der Waals surface area (Å²) < 4.78 is 11.8. The first-order valence-corrected chi connectivity index (χ1v) is 18.5. The number of methoxy groups -OCH3 is 2. The number of benzene rings is 1. The van der Waals surface area contributed by atoms with Gasteiger partial charge < -0.3 is 35.0 Å². The Bertz CT molecular complexity index is 1290. The third-order valence-corrected chi connectivity index (χ3v) is 10.8. The Morgan fingerprint density at radius 3 is 2.02 bits per heavy atom. The number of hydrogen-bond donors (Lipinski definition) is 3. The summed E-state index contributed by atoms with van der Waals surface area (Å²) in [4.78, 5) is 70.0. The van der Waals surface area contributed by atoms with Crippen molar-refractivity contribution in [3.8, 4) is 0 Å². The molecule has 0 bridgehead atoms. The molecule has 1 saturated heterocycles. The topological polar surface area (TPSA) is 155 Å². The molecule has 12 nitrogen and oxygen atoms in total. The Morgan fingerprint density at radius 2 is 1.51 bits per heavy atom. The van der Waals surface area contributed by atoms with Crippen molar-refractivity contribution in [3.05, 3.63) is 35.9 Å². The van der Waals surface area contributed by atoms with Crippen LogP contribution in [0.2, 0.25) is 0 Å². The number of likely N-dealkylation sites (tertiary alicyclic amines) is 1. The third kappa shape index (κ3) is 11.8. The Morgan fingerprint density at radius 1 is 0.902 bits per heavy atom. The number of nitrogens with zero attached hydrogens (tertiary/aromatic N) is 2. The van der Waals surface area contributed by atoms with E-state index in [9.17, 15) is 29.1 Å². The Labute approximate surface area is 305 Å². The van der Waals surface area contributed by atoms with Crippen LogP contribution in [0, 0.1) is 29.6 Å². The molecule has 12 heteroatoms. The minimum absolute atomic E-state index is 0.00209. The van der Waals surface area contributed by atoms with Crippen molar-refractivity contribution in [2.24, 2.45) is 29.6 Å². The smallest absolute Gasteiger partial charge is 0.326 e. The van der Waals surface area contributed by atoms with Crippen molar-refractivity contribution >= 4 is 29.6 Å². The molecule has 4 amide bonds. The van der Waals surface area contributed by atoms with Crippen molar-refractivity contribution in [3.63, 3.8) is 0 Å². The zero-order valence-corrected chi connectivity index (χ0v) is 32.7. The van der Waals surface area contributed by atoms with E-state index in [1.54, 1.807) is 23.8 Å². The van der Waals surface area contributed by atoms with E-state index >= 15 is 0 Å². The lowest BCUT2D eigenvalue weighted by Gasteiger charge is -2.41. The first kappa shape index (κ1) is 43.7. The van der Waals surface area contributed by atoms with Crippen molar-refractivity contribution in [1.29, 1.82) is 0 Å². The Hall–Kier alpha value is -3.51. The van der Waals surface area contributed by atoms with Gasteiger partial charge in [-0.25, -0.2) is 4.79 Å². The van der Waals surface area contributed by atoms with E-state index in [1.165, 1.54) is 14.2 Å². The highest BCUT2D eigenvalue weighted by Gasteiger charge is 2.43. The lowest BCUT2D eigenvalue weighted by atomic mass is 9.89. The minimum atomic E-state index is -1.14. The summed E-state index contributed by atoms with van der Waals surface area (Å²) in [5.74, 6) is -3.27. The van der Waals surface area contributed by atoms with Crippen LogP contribution in [0.15, 0.2) is 30.3 Å². The van der Waals surface area contributed by atoms with Gasteiger partial charge in [0.1, 0.15) is 12.1 Å². The summed E-state index contributed by atoms with van der Waals surface area (Å²) in [6.45, 7) is 15.8. The van der Waals surface area contributed by atoms with Crippen LogP contribution in [-0.4, -0.2) is 109 Å². The Balaban J connectivity index is 2.25. The first-order valence-electron chi connectivity index (χ1n) is 18.5. The lowest BCUT2D eigenvalue weighted by molar-refractivity contribution is -0.148. The van der Waals surface area contributed by atoms with E-state index in [4.69, 9.17) is 9.47 Å². The van der Waals surface area contributed by atoms with Crippen LogP contribution in [0.1, 0.15) is 86.6 Å². The van der Waals surface area contributed by atoms with Gasteiger partial charge in [0.25, 0.3) is 0 Å². The molecule has 0 aliphatic carbocycles. The van der Waals surface area contributed by atoms with Gasteiger partial charge in [0, 0.05) is 40.2 Å². The van der Waals surface area contributed by atoms with Gasteiger partial charge in [-0.15, -0.1) is 0 Å². The number of likely N-dealkylation sites (N-methyl/N-ethyl adjacent to an activating group) is 1. The molecule has 51 heavy (non-hydrogen) atoms. The summed E-state index contributed by atoms with van der Waals surface area (Å²) in [6, 6.07) is 6.36. The van der Waals surface area contributed by atoms with Crippen LogP contribution in [0.5, 0.6) is 0 Å². The number of carboxylic acid groups (broad SMARTS) is 1. The number of carbonyl (C=O) groups is 5. The van der Waals surface area contributed by atoms with Crippen LogP contribution >= 0.6 is 0 Å². The van der Waals surface area contributed by atoms with E-state index in [0.29, 0.717) is 19.4 Å². The van der Waals surface area contributed by atoms with Crippen molar-refractivity contribution in [2.75, 3.05) is 27.8 Å². The maximum atomic E-state index is 14.1. The number of rotatable bonds is 20. The van der Waals surface area contributed by atoms with Crippen LogP contribution < -0.4 is 10.6 Å². The SMILES string of the molecule is CCC(C)C([C@@H](CC(=O)N1CCCC1[C@H](OC)C(C)C(=O)N[C@@H](Cc1ccccc1)C(=O)O)OC)N(C)C(=O)[C@@H](NC(=O)[C@@H](C)C(C)C)C(C)C. The zero-order valence-electron chi connectivity index (χ0n) is 32.7. The largest absolute Gasteiger partial charge is 0.480 e. The van der Waals surface area contributed by atoms with Gasteiger partial charge in [-0.05, 0) is 36.2 Å². The number of aliphatic carboxylic acids is 1. The Kier molecular flexibility index (Phi) is 17.6. The summed E-state index contributed by atoms with van der Waals surface area (Å²) in [5.41, 5.74) is 0.787. The highest BCUT2D eigenvalue weighted by Crippen LogP contribution is 2.30. The second kappa shape index (κ2) is 20.5. The highest BCUT2D eigenvalue weighted by atomic mass is 16.5. The number of hydrogen-bond acceptors (Lipinski definition) is 7. The van der Waals surface area contributed by atoms with E-state index < -0.39 is 54.2 Å². The molecular formula is C39H64N4O8. The summed E-state index contributed by atoms with van der Waals surface area (Å²) in [7, 11) is 4.75. The van der Waals surface area contributed by atoms with Gasteiger partial charge in [-0.2, -0.15) is 0 Å². The average Bonchev–Trinajstić information content (AvgIpc) is 3.59. The molecule has 9 atom stereocenters. The van der Waals surface area contributed by atoms with Crippen LogP contribution in [-0.2, 0) is 39.9 Å². The average molecular weight is 717 g/mol. The molecule has 1 fully saturated rings. The fraction of sp³-hybridized carbons (Fsp3) is 0.718. The van der Waals surface area contributed by atoms with Gasteiger partial charge in [-0.3, -0.25) is 19.2 Å². The van der Waals surface area contributed by atoms with Gasteiger partial charge in [-0.1, -0.05) is 92.1 Å². The molecule has 3 N–H and O–H groups in total. The fourth-order valence-corrected chi connectivity index (χ4v) is 6.98. The molecule has 1 aliphatic rings. The number of nitrogens with one attached hydrogen (secondary N) is 2. The quantitative estimate of drug-likeness (QED) is 0.182. The number of carbonyl (C=O) groups excluding carboxylic acids is 4. The van der Waals surface area contributed by atoms with E-state index in [0.717, 1.165) is 12.0 Å². The monoisotopic (exact) mass is 716 g/mol. The molecule has 4 unspecified atom stereocenters. The standard InChI is InChI=1S/C39H64N4O8/c1-12-25(6)34(42(9)38(47)33(24(4)5)41-36(45)26(7)23(2)3)31(50-10)22-32(44)43-20-16-19-30(43)35(51-11)27(8)37(46)40-29(39(48)49)21-28-17-14-13-15-18-28/h13-15,17-18,23-27,29-31,33-35H,12,16,19-22H2,1-11H3,(H,40,46)(H,41,45)(H,48,49)/t25?,26-,27?,29-,30?,31+,33-,34?,35+/m0/s1. The van der Waals surface area contributed by atoms with Crippen LogP contribution in [0.25, 0.3) is 0 Å². The number of carboxylic acids is 1. The van der Waals surface area contributed by atoms with E-state index in [-0.39, 0.29) is 54.2 Å². The molecule has 0 spiro atoms. The molecule has 0 saturated carbocycles. The third-order valence-electron chi connectivity index (χ3n) is 10.8. The summed E-state index contributed by atoms with van der Waals surface area (Å²) in [6.07, 6.45) is 0.867. The normalized spacial score (nSPS) is 19.4.